The summed E-state index contributed by atoms with van der Waals surface area (Å²) in [6.07, 6.45) is 3.70. The predicted octanol–water partition coefficient (Wildman–Crippen LogP) is 1.74. The van der Waals surface area contributed by atoms with Crippen LogP contribution in [0.15, 0.2) is 30.3 Å². The second-order valence-electron chi connectivity index (χ2n) is 4.77. The molecule has 2 heterocycles. The van der Waals surface area contributed by atoms with Crippen LogP contribution in [0.3, 0.4) is 0 Å². The summed E-state index contributed by atoms with van der Waals surface area (Å²) < 4.78 is 0. The van der Waals surface area contributed by atoms with E-state index in [1.165, 1.54) is 19.4 Å². The number of hydrogen-bond acceptors (Lipinski definition) is 2. The van der Waals surface area contributed by atoms with Crippen LogP contribution in [0, 0.1) is 0 Å². The molecule has 2 atom stereocenters. The van der Waals surface area contributed by atoms with Crippen LogP contribution >= 0.6 is 0 Å². The van der Waals surface area contributed by atoms with Crippen LogP contribution in [-0.4, -0.2) is 29.1 Å². The molecule has 2 unspecified atom stereocenters. The summed E-state index contributed by atoms with van der Waals surface area (Å²) in [7, 11) is 0. The second-order valence-corrected chi connectivity index (χ2v) is 4.77. The van der Waals surface area contributed by atoms with Crippen molar-refractivity contribution in [3.05, 3.63) is 35.9 Å². The lowest BCUT2D eigenvalue weighted by Crippen LogP contribution is -2.68. The molecule has 0 spiro atoms. The molecule has 2 aliphatic heterocycles. The monoisotopic (exact) mass is 203 g/mol. The van der Waals surface area contributed by atoms with Gasteiger partial charge < -0.3 is 5.11 Å². The fourth-order valence-corrected chi connectivity index (χ4v) is 3.03. The lowest BCUT2D eigenvalue weighted by Gasteiger charge is -2.57. The largest absolute Gasteiger partial charge is 0.382 e. The zero-order chi connectivity index (χ0) is 10.3. The van der Waals surface area contributed by atoms with Gasteiger partial charge in [-0.05, 0) is 24.9 Å². The summed E-state index contributed by atoms with van der Waals surface area (Å²) in [5.74, 6) is 0. The van der Waals surface area contributed by atoms with E-state index in [-0.39, 0.29) is 0 Å². The molecule has 3 rings (SSSR count). The number of rotatable bonds is 1. The third-order valence-electron chi connectivity index (χ3n) is 3.88. The van der Waals surface area contributed by atoms with Crippen LogP contribution in [0.2, 0.25) is 0 Å². The average molecular weight is 203 g/mol. The van der Waals surface area contributed by atoms with Gasteiger partial charge in [-0.2, -0.15) is 0 Å². The second kappa shape index (κ2) is 3.32. The van der Waals surface area contributed by atoms with Crippen molar-refractivity contribution < 1.29 is 5.11 Å². The van der Waals surface area contributed by atoms with Crippen molar-refractivity contribution in [1.82, 2.24) is 4.90 Å². The third kappa shape index (κ3) is 1.32. The van der Waals surface area contributed by atoms with Crippen molar-refractivity contribution in [3.63, 3.8) is 0 Å². The summed E-state index contributed by atoms with van der Waals surface area (Å²) in [5.41, 5.74) is 0.523. The maximum Gasteiger partial charge on any atom is 0.118 e. The number of hydrogen-bond donors (Lipinski definition) is 1. The molecule has 2 fully saturated rings. The van der Waals surface area contributed by atoms with Gasteiger partial charge in [-0.25, -0.2) is 0 Å². The van der Waals surface area contributed by atoms with Gasteiger partial charge in [0.25, 0.3) is 0 Å². The van der Waals surface area contributed by atoms with Crippen LogP contribution in [-0.2, 0) is 5.60 Å². The van der Waals surface area contributed by atoms with E-state index >= 15 is 0 Å². The molecule has 1 N–H and O–H groups in total. The quantitative estimate of drug-likeness (QED) is 0.751. The molecule has 2 saturated heterocycles. The fraction of sp³-hybridized carbons (Fsp3) is 0.538. The van der Waals surface area contributed by atoms with Gasteiger partial charge in [-0.3, -0.25) is 4.90 Å². The molecule has 0 radical (unpaired) electrons. The normalized spacial score (nSPS) is 35.7. The smallest absolute Gasteiger partial charge is 0.118 e. The van der Waals surface area contributed by atoms with Crippen molar-refractivity contribution in [2.24, 2.45) is 0 Å². The number of aliphatic hydroxyl groups is 1. The molecule has 15 heavy (non-hydrogen) atoms. The number of fused-ring (bicyclic) bond motifs is 1. The average Bonchev–Trinajstić information content (AvgIpc) is 2.29. The van der Waals surface area contributed by atoms with Crippen molar-refractivity contribution in [1.29, 1.82) is 0 Å². The first-order chi connectivity index (χ1) is 7.31. The van der Waals surface area contributed by atoms with Crippen LogP contribution in [0.4, 0.5) is 0 Å². The molecule has 2 nitrogen and oxygen atoms in total. The van der Waals surface area contributed by atoms with Crippen molar-refractivity contribution in [2.75, 3.05) is 13.1 Å². The van der Waals surface area contributed by atoms with E-state index in [2.05, 4.69) is 4.90 Å². The molecule has 2 aliphatic rings. The Morgan fingerprint density at radius 1 is 1.20 bits per heavy atom. The first-order valence-corrected chi connectivity index (χ1v) is 5.83. The SMILES string of the molecule is OC1(c2ccccc2)CN2CCCCC21. The van der Waals surface area contributed by atoms with E-state index in [9.17, 15) is 5.11 Å². The molecule has 1 aromatic rings. The molecular formula is C13H17NO. The highest BCUT2D eigenvalue weighted by molar-refractivity contribution is 5.29. The van der Waals surface area contributed by atoms with Gasteiger partial charge in [-0.1, -0.05) is 36.8 Å². The van der Waals surface area contributed by atoms with Gasteiger partial charge in [0, 0.05) is 12.6 Å². The number of benzene rings is 1. The predicted molar refractivity (Wildman–Crippen MR) is 59.6 cm³/mol. The molecule has 0 amide bonds. The van der Waals surface area contributed by atoms with Gasteiger partial charge in [0.05, 0.1) is 0 Å². The molecular weight excluding hydrogens is 186 g/mol. The Labute approximate surface area is 90.5 Å². The molecule has 0 aromatic heterocycles. The van der Waals surface area contributed by atoms with E-state index in [4.69, 9.17) is 0 Å². The first-order valence-electron chi connectivity index (χ1n) is 5.83. The first kappa shape index (κ1) is 9.37. The summed E-state index contributed by atoms with van der Waals surface area (Å²) in [6, 6.07) is 10.5. The lowest BCUT2D eigenvalue weighted by molar-refractivity contribution is -0.172. The van der Waals surface area contributed by atoms with E-state index < -0.39 is 5.60 Å². The zero-order valence-corrected chi connectivity index (χ0v) is 8.89. The third-order valence-corrected chi connectivity index (χ3v) is 3.88. The molecule has 80 valence electrons. The van der Waals surface area contributed by atoms with Crippen molar-refractivity contribution >= 4 is 0 Å². The van der Waals surface area contributed by atoms with E-state index in [1.807, 2.05) is 30.3 Å². The molecule has 1 aromatic carbocycles. The Hall–Kier alpha value is -0.860. The highest BCUT2D eigenvalue weighted by atomic mass is 16.3. The van der Waals surface area contributed by atoms with Crippen LogP contribution in [0.25, 0.3) is 0 Å². The Morgan fingerprint density at radius 2 is 2.00 bits per heavy atom. The van der Waals surface area contributed by atoms with E-state index in [1.54, 1.807) is 0 Å². The lowest BCUT2D eigenvalue weighted by atomic mass is 9.73. The minimum atomic E-state index is -0.568. The standard InChI is InChI=1S/C13H17NO/c15-13(11-6-2-1-3-7-11)10-14-9-5-4-8-12(13)14/h1-3,6-7,12,15H,4-5,8-10H2. The minimum absolute atomic E-state index is 0.369. The van der Waals surface area contributed by atoms with Gasteiger partial charge in [0.15, 0.2) is 0 Å². The topological polar surface area (TPSA) is 23.5 Å². The number of nitrogens with zero attached hydrogens (tertiary/aromatic N) is 1. The maximum atomic E-state index is 10.6. The zero-order valence-electron chi connectivity index (χ0n) is 8.89. The Morgan fingerprint density at radius 3 is 2.73 bits per heavy atom. The van der Waals surface area contributed by atoms with E-state index in [0.29, 0.717) is 6.04 Å². The molecule has 0 bridgehead atoms. The van der Waals surface area contributed by atoms with Crippen LogP contribution in [0.5, 0.6) is 0 Å². The fourth-order valence-electron chi connectivity index (χ4n) is 3.03. The van der Waals surface area contributed by atoms with E-state index in [0.717, 1.165) is 18.5 Å². The highest BCUT2D eigenvalue weighted by Crippen LogP contribution is 2.42. The van der Waals surface area contributed by atoms with Crippen molar-refractivity contribution in [3.8, 4) is 0 Å². The molecule has 0 saturated carbocycles. The Balaban J connectivity index is 1.87. The maximum absolute atomic E-state index is 10.6. The summed E-state index contributed by atoms with van der Waals surface area (Å²) in [6.45, 7) is 1.99. The Kier molecular flexibility index (Phi) is 2.08. The van der Waals surface area contributed by atoms with Crippen LogP contribution < -0.4 is 0 Å². The molecule has 2 heteroatoms. The van der Waals surface area contributed by atoms with Gasteiger partial charge in [0.1, 0.15) is 5.60 Å². The number of piperidine rings is 1. The highest BCUT2D eigenvalue weighted by Gasteiger charge is 2.52. The summed E-state index contributed by atoms with van der Waals surface area (Å²) in [5, 5.41) is 10.6. The van der Waals surface area contributed by atoms with Gasteiger partial charge >= 0.3 is 0 Å². The van der Waals surface area contributed by atoms with Crippen LogP contribution in [0.1, 0.15) is 24.8 Å². The summed E-state index contributed by atoms with van der Waals surface area (Å²) >= 11 is 0. The summed E-state index contributed by atoms with van der Waals surface area (Å²) in [4.78, 5) is 2.41. The Bertz CT molecular complexity index is 351. The van der Waals surface area contributed by atoms with Gasteiger partial charge in [0.2, 0.25) is 0 Å². The van der Waals surface area contributed by atoms with Gasteiger partial charge in [-0.15, -0.1) is 0 Å². The molecule has 0 aliphatic carbocycles. The minimum Gasteiger partial charge on any atom is -0.382 e. The van der Waals surface area contributed by atoms with Crippen molar-refractivity contribution in [2.45, 2.75) is 30.9 Å².